The van der Waals surface area contributed by atoms with Crippen molar-refractivity contribution in [1.82, 2.24) is 9.97 Å². The SMILES string of the molecule is COc1cncnc1NS(=O)(=O)c1ccc(NC(C)=O)cc1. The highest BCUT2D eigenvalue weighted by molar-refractivity contribution is 7.92. The molecule has 0 aliphatic rings. The molecule has 0 radical (unpaired) electrons. The maximum absolute atomic E-state index is 12.3. The third kappa shape index (κ3) is 3.70. The number of ether oxygens (including phenoxy) is 1. The Morgan fingerprint density at radius 3 is 2.50 bits per heavy atom. The monoisotopic (exact) mass is 322 g/mol. The Hall–Kier alpha value is -2.68. The first-order valence-corrected chi connectivity index (χ1v) is 7.65. The van der Waals surface area contributed by atoms with Gasteiger partial charge in [-0.1, -0.05) is 0 Å². The number of anilines is 2. The Morgan fingerprint density at radius 2 is 1.91 bits per heavy atom. The number of rotatable bonds is 5. The summed E-state index contributed by atoms with van der Waals surface area (Å²) in [5.74, 6) is 0.0174. The van der Waals surface area contributed by atoms with Crippen LogP contribution in [0.25, 0.3) is 0 Å². The van der Waals surface area contributed by atoms with Gasteiger partial charge in [0.05, 0.1) is 18.2 Å². The van der Waals surface area contributed by atoms with Crippen molar-refractivity contribution in [2.45, 2.75) is 11.8 Å². The molecule has 116 valence electrons. The van der Waals surface area contributed by atoms with Gasteiger partial charge in [0.25, 0.3) is 10.0 Å². The van der Waals surface area contributed by atoms with Crippen molar-refractivity contribution in [2.75, 3.05) is 17.1 Å². The molecule has 2 N–H and O–H groups in total. The van der Waals surface area contributed by atoms with Crippen molar-refractivity contribution < 1.29 is 17.9 Å². The molecule has 0 aliphatic carbocycles. The molecule has 1 amide bonds. The van der Waals surface area contributed by atoms with Crippen LogP contribution < -0.4 is 14.8 Å². The van der Waals surface area contributed by atoms with E-state index < -0.39 is 10.0 Å². The molecule has 0 saturated heterocycles. The van der Waals surface area contributed by atoms with Gasteiger partial charge in [-0.05, 0) is 24.3 Å². The Morgan fingerprint density at radius 1 is 1.23 bits per heavy atom. The predicted molar refractivity (Wildman–Crippen MR) is 80.1 cm³/mol. The lowest BCUT2D eigenvalue weighted by atomic mass is 10.3. The molecular weight excluding hydrogens is 308 g/mol. The number of hydrogen-bond acceptors (Lipinski definition) is 6. The molecule has 1 heterocycles. The molecule has 9 heteroatoms. The minimum absolute atomic E-state index is 0.0299. The van der Waals surface area contributed by atoms with Crippen LogP contribution in [0.2, 0.25) is 0 Å². The summed E-state index contributed by atoms with van der Waals surface area (Å²) in [6, 6.07) is 5.74. The summed E-state index contributed by atoms with van der Waals surface area (Å²) in [6.07, 6.45) is 2.56. The number of benzene rings is 1. The van der Waals surface area contributed by atoms with E-state index in [0.29, 0.717) is 5.69 Å². The number of aromatic nitrogens is 2. The molecule has 0 bridgehead atoms. The van der Waals surface area contributed by atoms with E-state index in [-0.39, 0.29) is 22.4 Å². The molecule has 0 saturated carbocycles. The second-order valence-electron chi connectivity index (χ2n) is 4.25. The van der Waals surface area contributed by atoms with Crippen LogP contribution in [0.5, 0.6) is 5.75 Å². The van der Waals surface area contributed by atoms with E-state index in [4.69, 9.17) is 4.74 Å². The molecule has 0 unspecified atom stereocenters. The van der Waals surface area contributed by atoms with Crippen molar-refractivity contribution in [3.63, 3.8) is 0 Å². The Bertz CT molecular complexity index is 775. The Kier molecular flexibility index (Phi) is 4.56. The van der Waals surface area contributed by atoms with E-state index in [2.05, 4.69) is 20.0 Å². The number of methoxy groups -OCH3 is 1. The van der Waals surface area contributed by atoms with E-state index in [0.717, 1.165) is 0 Å². The lowest BCUT2D eigenvalue weighted by molar-refractivity contribution is -0.114. The fraction of sp³-hybridized carbons (Fsp3) is 0.154. The van der Waals surface area contributed by atoms with Crippen LogP contribution in [0.3, 0.4) is 0 Å². The van der Waals surface area contributed by atoms with Gasteiger partial charge in [-0.15, -0.1) is 0 Å². The smallest absolute Gasteiger partial charge is 0.263 e. The van der Waals surface area contributed by atoms with Gasteiger partial charge in [-0.2, -0.15) is 0 Å². The fourth-order valence-corrected chi connectivity index (χ4v) is 2.67. The first-order chi connectivity index (χ1) is 10.4. The van der Waals surface area contributed by atoms with Crippen molar-refractivity contribution in [1.29, 1.82) is 0 Å². The summed E-state index contributed by atoms with van der Waals surface area (Å²) < 4.78 is 31.9. The topological polar surface area (TPSA) is 110 Å². The van der Waals surface area contributed by atoms with Crippen LogP contribution >= 0.6 is 0 Å². The number of sulfonamides is 1. The third-order valence-corrected chi connectivity index (χ3v) is 3.97. The standard InChI is InChI=1S/C13H14N4O4S/c1-9(18)16-10-3-5-11(6-4-10)22(19,20)17-13-12(21-2)7-14-8-15-13/h3-8H,1-2H3,(H,16,18)(H,14,15,17). The normalized spacial score (nSPS) is 10.8. The average molecular weight is 322 g/mol. The lowest BCUT2D eigenvalue weighted by Gasteiger charge is -2.10. The van der Waals surface area contributed by atoms with Gasteiger partial charge in [0.1, 0.15) is 6.33 Å². The maximum Gasteiger partial charge on any atom is 0.263 e. The predicted octanol–water partition coefficient (Wildman–Crippen LogP) is 1.24. The van der Waals surface area contributed by atoms with Crippen molar-refractivity contribution in [2.24, 2.45) is 0 Å². The van der Waals surface area contributed by atoms with Crippen molar-refractivity contribution >= 4 is 27.4 Å². The number of amides is 1. The number of carbonyl (C=O) groups is 1. The largest absolute Gasteiger partial charge is 0.491 e. The van der Waals surface area contributed by atoms with E-state index in [1.807, 2.05) is 0 Å². The quantitative estimate of drug-likeness (QED) is 0.857. The summed E-state index contributed by atoms with van der Waals surface area (Å²) in [5, 5.41) is 2.56. The molecule has 0 atom stereocenters. The van der Waals surface area contributed by atoms with Gasteiger partial charge in [-0.3, -0.25) is 9.52 Å². The highest BCUT2D eigenvalue weighted by Crippen LogP contribution is 2.23. The molecule has 22 heavy (non-hydrogen) atoms. The minimum Gasteiger partial charge on any atom is -0.491 e. The first kappa shape index (κ1) is 15.7. The van der Waals surface area contributed by atoms with Crippen molar-refractivity contribution in [3.05, 3.63) is 36.8 Å². The number of nitrogens with zero attached hydrogens (tertiary/aromatic N) is 2. The van der Waals surface area contributed by atoms with Crippen LogP contribution in [-0.2, 0) is 14.8 Å². The summed E-state index contributed by atoms with van der Waals surface area (Å²) in [5.41, 5.74) is 0.506. The highest BCUT2D eigenvalue weighted by Gasteiger charge is 2.17. The molecular formula is C13H14N4O4S. The molecule has 8 nitrogen and oxygen atoms in total. The van der Waals surface area contributed by atoms with Gasteiger partial charge in [0.2, 0.25) is 5.91 Å². The summed E-state index contributed by atoms with van der Waals surface area (Å²) in [4.78, 5) is 18.5. The molecule has 2 aromatic rings. The van der Waals surface area contributed by atoms with Gasteiger partial charge in [-0.25, -0.2) is 18.4 Å². The van der Waals surface area contributed by atoms with Gasteiger partial charge in [0.15, 0.2) is 11.6 Å². The summed E-state index contributed by atoms with van der Waals surface area (Å²) >= 11 is 0. The molecule has 1 aromatic heterocycles. The van der Waals surface area contributed by atoms with Gasteiger partial charge < -0.3 is 10.1 Å². The molecule has 0 fully saturated rings. The van der Waals surface area contributed by atoms with E-state index in [1.165, 1.54) is 50.8 Å². The number of hydrogen-bond donors (Lipinski definition) is 2. The highest BCUT2D eigenvalue weighted by atomic mass is 32.2. The third-order valence-electron chi connectivity index (χ3n) is 2.61. The zero-order valence-corrected chi connectivity index (χ0v) is 12.7. The molecule has 1 aromatic carbocycles. The molecule has 2 rings (SSSR count). The summed E-state index contributed by atoms with van der Waals surface area (Å²) in [6.45, 7) is 1.37. The van der Waals surface area contributed by atoms with E-state index >= 15 is 0 Å². The van der Waals surface area contributed by atoms with Gasteiger partial charge in [0, 0.05) is 12.6 Å². The molecule has 0 spiro atoms. The fourth-order valence-electron chi connectivity index (χ4n) is 1.65. The van der Waals surface area contributed by atoms with Crippen LogP contribution in [0.15, 0.2) is 41.7 Å². The first-order valence-electron chi connectivity index (χ1n) is 6.17. The maximum atomic E-state index is 12.3. The average Bonchev–Trinajstić information content (AvgIpc) is 2.47. The van der Waals surface area contributed by atoms with Crippen molar-refractivity contribution in [3.8, 4) is 5.75 Å². The lowest BCUT2D eigenvalue weighted by Crippen LogP contribution is -2.15. The Balaban J connectivity index is 2.25. The second kappa shape index (κ2) is 6.39. The van der Waals surface area contributed by atoms with Crippen LogP contribution in [0.1, 0.15) is 6.92 Å². The minimum atomic E-state index is -3.82. The van der Waals surface area contributed by atoms with Crippen LogP contribution in [0, 0.1) is 0 Å². The van der Waals surface area contributed by atoms with Crippen LogP contribution in [0.4, 0.5) is 11.5 Å². The zero-order valence-electron chi connectivity index (χ0n) is 11.9. The van der Waals surface area contributed by atoms with Crippen LogP contribution in [-0.4, -0.2) is 31.4 Å². The number of nitrogens with one attached hydrogen (secondary N) is 2. The summed E-state index contributed by atoms with van der Waals surface area (Å²) in [7, 11) is -2.44. The second-order valence-corrected chi connectivity index (χ2v) is 5.93. The van der Waals surface area contributed by atoms with E-state index in [9.17, 15) is 13.2 Å². The number of carbonyl (C=O) groups excluding carboxylic acids is 1. The Labute approximate surface area is 127 Å². The van der Waals surface area contributed by atoms with E-state index in [1.54, 1.807) is 0 Å². The van der Waals surface area contributed by atoms with Gasteiger partial charge >= 0.3 is 0 Å². The zero-order chi connectivity index (χ0) is 16.2. The molecule has 0 aliphatic heterocycles.